The van der Waals surface area contributed by atoms with Crippen molar-refractivity contribution in [2.75, 3.05) is 19.4 Å². The molecule has 0 fully saturated rings. The monoisotopic (exact) mass is 381 g/mol. The predicted molar refractivity (Wildman–Crippen MR) is 106 cm³/mol. The SMILES string of the molecule is Cc1cc(-c2n[nH]c3c2C(=O)c2c(NC(=O)NN(C)C)cccc2-3)c(C)s1. The van der Waals surface area contributed by atoms with E-state index in [4.69, 9.17) is 0 Å². The molecule has 1 aliphatic rings. The van der Waals surface area contributed by atoms with Gasteiger partial charge in [-0.25, -0.2) is 9.80 Å². The van der Waals surface area contributed by atoms with Gasteiger partial charge in [-0.15, -0.1) is 11.3 Å². The van der Waals surface area contributed by atoms with Crippen LogP contribution < -0.4 is 10.7 Å². The van der Waals surface area contributed by atoms with Gasteiger partial charge in [0.25, 0.3) is 0 Å². The van der Waals surface area contributed by atoms with Crippen LogP contribution in [0.3, 0.4) is 0 Å². The van der Waals surface area contributed by atoms with E-state index in [1.807, 2.05) is 26.0 Å². The molecule has 0 aliphatic heterocycles. The fourth-order valence-corrected chi connectivity index (χ4v) is 4.33. The zero-order valence-electron chi connectivity index (χ0n) is 15.4. The topological polar surface area (TPSA) is 90.1 Å². The number of urea groups is 1. The summed E-state index contributed by atoms with van der Waals surface area (Å²) in [5.74, 6) is -0.132. The summed E-state index contributed by atoms with van der Waals surface area (Å²) in [5.41, 5.74) is 7.22. The average Bonchev–Trinajstić information content (AvgIpc) is 3.22. The van der Waals surface area contributed by atoms with E-state index in [2.05, 4.69) is 27.0 Å². The highest BCUT2D eigenvalue weighted by atomic mass is 32.1. The number of fused-ring (bicyclic) bond motifs is 3. The summed E-state index contributed by atoms with van der Waals surface area (Å²) in [6, 6.07) is 7.05. The Morgan fingerprint density at radius 2 is 1.96 bits per heavy atom. The van der Waals surface area contributed by atoms with Crippen LogP contribution in [0.2, 0.25) is 0 Å². The van der Waals surface area contributed by atoms with Crippen LogP contribution >= 0.6 is 11.3 Å². The Hall–Kier alpha value is -2.97. The molecule has 7 nitrogen and oxygen atoms in total. The molecule has 2 heterocycles. The highest BCUT2D eigenvalue weighted by Crippen LogP contribution is 2.44. The van der Waals surface area contributed by atoms with Crippen LogP contribution in [-0.2, 0) is 0 Å². The first-order valence-corrected chi connectivity index (χ1v) is 9.27. The van der Waals surface area contributed by atoms with Crippen molar-refractivity contribution in [3.05, 3.63) is 45.1 Å². The van der Waals surface area contributed by atoms with Crippen molar-refractivity contribution in [1.82, 2.24) is 20.6 Å². The minimum atomic E-state index is -0.403. The molecule has 138 valence electrons. The molecule has 3 N–H and O–H groups in total. The number of hydrogen-bond acceptors (Lipinski definition) is 5. The van der Waals surface area contributed by atoms with Gasteiger partial charge < -0.3 is 5.32 Å². The smallest absolute Gasteiger partial charge is 0.306 e. The van der Waals surface area contributed by atoms with Crippen molar-refractivity contribution in [2.24, 2.45) is 0 Å². The van der Waals surface area contributed by atoms with Crippen LogP contribution in [0.15, 0.2) is 24.3 Å². The first-order valence-electron chi connectivity index (χ1n) is 8.45. The standard InChI is InChI=1S/C19H19N5O2S/c1-9-8-12(10(2)27-9)17-15-16(21-22-17)11-6-5-7-13(14(11)18(15)25)20-19(26)23-24(3)4/h5-8H,1-4H3,(H,21,22)(H2,20,23,26). The van der Waals surface area contributed by atoms with Crippen molar-refractivity contribution in [3.8, 4) is 22.5 Å². The Morgan fingerprint density at radius 3 is 2.63 bits per heavy atom. The first-order chi connectivity index (χ1) is 12.9. The van der Waals surface area contributed by atoms with E-state index in [-0.39, 0.29) is 5.78 Å². The molecule has 0 bridgehead atoms. The third-order valence-corrected chi connectivity index (χ3v) is 5.39. The lowest BCUT2D eigenvalue weighted by Crippen LogP contribution is -2.39. The lowest BCUT2D eigenvalue weighted by atomic mass is 10.0. The number of hydrogen-bond donors (Lipinski definition) is 3. The maximum atomic E-state index is 13.2. The van der Waals surface area contributed by atoms with Crippen molar-refractivity contribution >= 4 is 28.8 Å². The quantitative estimate of drug-likeness (QED) is 0.473. The number of hydrazine groups is 1. The summed E-state index contributed by atoms with van der Waals surface area (Å²) in [6.07, 6.45) is 0. The third kappa shape index (κ3) is 2.83. The van der Waals surface area contributed by atoms with Gasteiger partial charge in [0, 0.05) is 35.0 Å². The summed E-state index contributed by atoms with van der Waals surface area (Å²) < 4.78 is 0. The van der Waals surface area contributed by atoms with Gasteiger partial charge >= 0.3 is 6.03 Å². The van der Waals surface area contributed by atoms with E-state index in [0.717, 1.165) is 16.0 Å². The van der Waals surface area contributed by atoms with E-state index in [1.165, 1.54) is 9.89 Å². The van der Waals surface area contributed by atoms with Gasteiger partial charge in [0.05, 0.1) is 22.5 Å². The summed E-state index contributed by atoms with van der Waals surface area (Å²) in [5, 5.41) is 11.7. The van der Waals surface area contributed by atoms with Gasteiger partial charge in [0.2, 0.25) is 0 Å². The fourth-order valence-electron chi connectivity index (χ4n) is 3.41. The Balaban J connectivity index is 1.78. The van der Waals surface area contributed by atoms with E-state index in [9.17, 15) is 9.59 Å². The van der Waals surface area contributed by atoms with Gasteiger partial charge in [-0.2, -0.15) is 5.10 Å². The first kappa shape index (κ1) is 17.4. The minimum Gasteiger partial charge on any atom is -0.306 e. The number of carbonyl (C=O) groups is 2. The fraction of sp³-hybridized carbons (Fsp3) is 0.211. The van der Waals surface area contributed by atoms with Crippen LogP contribution in [0.25, 0.3) is 22.5 Å². The molecule has 4 rings (SSSR count). The van der Waals surface area contributed by atoms with Gasteiger partial charge in [-0.1, -0.05) is 12.1 Å². The van der Waals surface area contributed by atoms with Crippen LogP contribution in [0, 0.1) is 13.8 Å². The molecule has 0 unspecified atom stereocenters. The molecule has 27 heavy (non-hydrogen) atoms. The Morgan fingerprint density at radius 1 is 1.19 bits per heavy atom. The van der Waals surface area contributed by atoms with Gasteiger partial charge in [0.15, 0.2) is 5.78 Å². The number of carbonyl (C=O) groups excluding carboxylic acids is 2. The number of amides is 2. The summed E-state index contributed by atoms with van der Waals surface area (Å²) >= 11 is 1.68. The van der Waals surface area contributed by atoms with Crippen LogP contribution in [-0.4, -0.2) is 41.1 Å². The molecule has 3 aromatic rings. The second-order valence-electron chi connectivity index (χ2n) is 6.67. The summed E-state index contributed by atoms with van der Waals surface area (Å²) in [4.78, 5) is 27.6. The average molecular weight is 381 g/mol. The Labute approximate surface area is 160 Å². The lowest BCUT2D eigenvalue weighted by molar-refractivity contribution is 0.104. The highest BCUT2D eigenvalue weighted by molar-refractivity contribution is 7.12. The summed E-state index contributed by atoms with van der Waals surface area (Å²) in [7, 11) is 3.43. The van der Waals surface area contributed by atoms with E-state index >= 15 is 0 Å². The van der Waals surface area contributed by atoms with Crippen molar-refractivity contribution in [3.63, 3.8) is 0 Å². The second-order valence-corrected chi connectivity index (χ2v) is 8.13. The number of anilines is 1. The molecule has 0 radical (unpaired) electrons. The summed E-state index contributed by atoms with van der Waals surface area (Å²) in [6.45, 7) is 4.06. The number of aromatic amines is 1. The molecule has 1 aromatic carbocycles. The third-order valence-electron chi connectivity index (χ3n) is 4.42. The van der Waals surface area contributed by atoms with Gasteiger partial charge in [-0.3, -0.25) is 15.3 Å². The number of benzene rings is 1. The molecule has 2 amide bonds. The number of rotatable bonds is 3. The van der Waals surface area contributed by atoms with Crippen LogP contribution in [0.5, 0.6) is 0 Å². The molecular formula is C19H19N5O2S. The Kier molecular flexibility index (Phi) is 4.09. The van der Waals surface area contributed by atoms with Gasteiger partial charge in [0.1, 0.15) is 5.69 Å². The molecule has 0 atom stereocenters. The maximum absolute atomic E-state index is 13.2. The van der Waals surface area contributed by atoms with E-state index in [1.54, 1.807) is 31.5 Å². The molecule has 0 spiro atoms. The second kappa shape index (κ2) is 6.33. The van der Waals surface area contributed by atoms with Crippen LogP contribution in [0.1, 0.15) is 25.7 Å². The number of ketones is 1. The number of aromatic nitrogens is 2. The molecule has 8 heteroatoms. The van der Waals surface area contributed by atoms with Gasteiger partial charge in [-0.05, 0) is 26.0 Å². The van der Waals surface area contributed by atoms with Crippen molar-refractivity contribution < 1.29 is 9.59 Å². The minimum absolute atomic E-state index is 0.132. The lowest BCUT2D eigenvalue weighted by Gasteiger charge is -2.14. The molecule has 2 aromatic heterocycles. The van der Waals surface area contributed by atoms with Crippen LogP contribution in [0.4, 0.5) is 10.5 Å². The molecular weight excluding hydrogens is 362 g/mol. The zero-order chi connectivity index (χ0) is 19.3. The Bertz CT molecular complexity index is 1080. The van der Waals surface area contributed by atoms with E-state index in [0.29, 0.717) is 28.2 Å². The number of nitrogens with one attached hydrogen (secondary N) is 3. The largest absolute Gasteiger partial charge is 0.333 e. The molecule has 1 aliphatic carbocycles. The predicted octanol–water partition coefficient (Wildman–Crippen LogP) is 3.56. The number of thiophene rings is 1. The number of nitrogens with zero attached hydrogens (tertiary/aromatic N) is 2. The molecule has 0 saturated heterocycles. The van der Waals surface area contributed by atoms with Crippen molar-refractivity contribution in [2.45, 2.75) is 13.8 Å². The molecule has 0 saturated carbocycles. The number of aryl methyl sites for hydroxylation is 2. The maximum Gasteiger partial charge on any atom is 0.333 e. The highest BCUT2D eigenvalue weighted by Gasteiger charge is 2.35. The number of H-pyrrole nitrogens is 1. The van der Waals surface area contributed by atoms with Crippen molar-refractivity contribution in [1.29, 1.82) is 0 Å². The normalized spacial score (nSPS) is 12.3. The van der Waals surface area contributed by atoms with E-state index < -0.39 is 6.03 Å². The zero-order valence-corrected chi connectivity index (χ0v) is 16.2.